The van der Waals surface area contributed by atoms with E-state index in [0.29, 0.717) is 12.8 Å². The van der Waals surface area contributed by atoms with Crippen LogP contribution in [0.5, 0.6) is 11.5 Å². The summed E-state index contributed by atoms with van der Waals surface area (Å²) in [6, 6.07) is 21.2. The lowest BCUT2D eigenvalue weighted by Crippen LogP contribution is -2.30. The number of ether oxygens (including phenoxy) is 1. The number of aromatic hydroxyl groups is 1. The molecule has 0 aliphatic carbocycles. The first kappa shape index (κ1) is 20.4. The molecule has 0 fully saturated rings. The Balaban J connectivity index is 1.67. The van der Waals surface area contributed by atoms with Gasteiger partial charge in [-0.1, -0.05) is 48.5 Å². The van der Waals surface area contributed by atoms with Crippen molar-refractivity contribution in [2.45, 2.75) is 25.3 Å². The number of hydrogen-bond donors (Lipinski definition) is 2. The first-order chi connectivity index (χ1) is 14.0. The van der Waals surface area contributed by atoms with Gasteiger partial charge in [0.05, 0.1) is 13.2 Å². The van der Waals surface area contributed by atoms with Crippen molar-refractivity contribution in [3.05, 3.63) is 95.3 Å². The van der Waals surface area contributed by atoms with Crippen molar-refractivity contribution in [3.63, 3.8) is 0 Å². The molecular weight excluding hydrogens is 369 g/mol. The Morgan fingerprint density at radius 1 is 1.03 bits per heavy atom. The molecule has 0 unspecified atom stereocenters. The van der Waals surface area contributed by atoms with Crippen LogP contribution in [-0.4, -0.2) is 18.1 Å². The largest absolute Gasteiger partial charge is 0.508 e. The predicted octanol–water partition coefficient (Wildman–Crippen LogP) is 4.57. The topological polar surface area (TPSA) is 58.6 Å². The Morgan fingerprint density at radius 2 is 1.83 bits per heavy atom. The van der Waals surface area contributed by atoms with Crippen LogP contribution in [0, 0.1) is 5.82 Å². The smallest absolute Gasteiger partial charge is 0.220 e. The van der Waals surface area contributed by atoms with Crippen LogP contribution in [0.4, 0.5) is 4.39 Å². The molecule has 3 rings (SSSR count). The fraction of sp³-hybridized carbons (Fsp3) is 0.208. The van der Waals surface area contributed by atoms with Gasteiger partial charge in [-0.3, -0.25) is 4.79 Å². The highest BCUT2D eigenvalue weighted by Gasteiger charge is 2.16. The van der Waals surface area contributed by atoms with Gasteiger partial charge in [0, 0.05) is 6.42 Å². The summed E-state index contributed by atoms with van der Waals surface area (Å²) in [5.41, 5.74) is 2.65. The third-order valence-corrected chi connectivity index (χ3v) is 4.74. The predicted molar refractivity (Wildman–Crippen MR) is 110 cm³/mol. The van der Waals surface area contributed by atoms with E-state index in [1.807, 2.05) is 36.4 Å². The number of methoxy groups -OCH3 is 1. The number of nitrogens with one attached hydrogen (secondary N) is 1. The number of phenols is 1. The van der Waals surface area contributed by atoms with E-state index in [0.717, 1.165) is 16.7 Å². The Bertz CT molecular complexity index is 959. The third kappa shape index (κ3) is 5.82. The molecule has 0 saturated carbocycles. The molecule has 150 valence electrons. The molecule has 0 radical (unpaired) electrons. The molecule has 2 N–H and O–H groups in total. The third-order valence-electron chi connectivity index (χ3n) is 4.74. The van der Waals surface area contributed by atoms with Crippen molar-refractivity contribution in [2.24, 2.45) is 0 Å². The minimum absolute atomic E-state index is 0.116. The number of benzene rings is 3. The van der Waals surface area contributed by atoms with Crippen LogP contribution < -0.4 is 10.1 Å². The van der Waals surface area contributed by atoms with Crippen LogP contribution in [0.2, 0.25) is 0 Å². The van der Waals surface area contributed by atoms with Crippen molar-refractivity contribution in [2.75, 3.05) is 7.11 Å². The number of hydrogen-bond acceptors (Lipinski definition) is 3. The van der Waals surface area contributed by atoms with E-state index in [1.54, 1.807) is 30.3 Å². The summed E-state index contributed by atoms with van der Waals surface area (Å²) in [5, 5.41) is 12.8. The van der Waals surface area contributed by atoms with Gasteiger partial charge in [-0.25, -0.2) is 4.39 Å². The summed E-state index contributed by atoms with van der Waals surface area (Å²) < 4.78 is 18.8. The standard InChI is InChI=1S/C24H24FNO3/c1-29-23-12-10-17(15-21(23)25)11-13-24(28)26-22(19-7-3-2-4-8-19)16-18-6-5-9-20(27)14-18/h2-10,12,14-15,22,27H,11,13,16H2,1H3,(H,26,28)/t22-/m0/s1. The molecular formula is C24H24FNO3. The zero-order chi connectivity index (χ0) is 20.6. The molecule has 0 spiro atoms. The van der Waals surface area contributed by atoms with Gasteiger partial charge in [0.15, 0.2) is 11.6 Å². The summed E-state index contributed by atoms with van der Waals surface area (Å²) in [6.07, 6.45) is 1.23. The Hall–Kier alpha value is -3.34. The highest BCUT2D eigenvalue weighted by atomic mass is 19.1. The van der Waals surface area contributed by atoms with E-state index in [-0.39, 0.29) is 29.9 Å². The second kappa shape index (κ2) is 9.73. The average Bonchev–Trinajstić information content (AvgIpc) is 2.72. The lowest BCUT2D eigenvalue weighted by Gasteiger charge is -2.20. The number of rotatable bonds is 8. The zero-order valence-electron chi connectivity index (χ0n) is 16.3. The van der Waals surface area contributed by atoms with Gasteiger partial charge in [0.1, 0.15) is 5.75 Å². The molecule has 1 amide bonds. The molecule has 5 heteroatoms. The Labute approximate surface area is 170 Å². The fourth-order valence-corrected chi connectivity index (χ4v) is 3.25. The first-order valence-corrected chi connectivity index (χ1v) is 9.50. The van der Waals surface area contributed by atoms with Crippen molar-refractivity contribution < 1.29 is 19.0 Å². The quantitative estimate of drug-likeness (QED) is 0.589. The van der Waals surface area contributed by atoms with Crippen LogP contribution in [0.15, 0.2) is 72.8 Å². The molecule has 0 aliphatic rings. The maximum absolute atomic E-state index is 13.8. The molecule has 0 aliphatic heterocycles. The Morgan fingerprint density at radius 3 is 2.52 bits per heavy atom. The second-order valence-corrected chi connectivity index (χ2v) is 6.87. The van der Waals surface area contributed by atoms with Crippen molar-refractivity contribution in [1.29, 1.82) is 0 Å². The molecule has 0 bridgehead atoms. The van der Waals surface area contributed by atoms with Gasteiger partial charge < -0.3 is 15.2 Å². The molecule has 0 heterocycles. The van der Waals surface area contributed by atoms with Crippen LogP contribution in [-0.2, 0) is 17.6 Å². The average molecular weight is 393 g/mol. The van der Waals surface area contributed by atoms with E-state index in [2.05, 4.69) is 5.32 Å². The molecule has 4 nitrogen and oxygen atoms in total. The normalized spacial score (nSPS) is 11.7. The van der Waals surface area contributed by atoms with Crippen molar-refractivity contribution in [1.82, 2.24) is 5.32 Å². The van der Waals surface area contributed by atoms with Gasteiger partial charge in [0.2, 0.25) is 5.91 Å². The number of carbonyl (C=O) groups excluding carboxylic acids is 1. The molecule has 3 aromatic carbocycles. The minimum atomic E-state index is -0.434. The zero-order valence-corrected chi connectivity index (χ0v) is 16.3. The van der Waals surface area contributed by atoms with E-state index in [9.17, 15) is 14.3 Å². The maximum atomic E-state index is 13.8. The first-order valence-electron chi connectivity index (χ1n) is 9.50. The van der Waals surface area contributed by atoms with Crippen molar-refractivity contribution in [3.8, 4) is 11.5 Å². The molecule has 0 aromatic heterocycles. The number of aryl methyl sites for hydroxylation is 1. The van der Waals surface area contributed by atoms with E-state index >= 15 is 0 Å². The van der Waals surface area contributed by atoms with Crippen LogP contribution in [0.25, 0.3) is 0 Å². The van der Waals surface area contributed by atoms with Gasteiger partial charge in [-0.05, 0) is 53.8 Å². The second-order valence-electron chi connectivity index (χ2n) is 6.87. The summed E-state index contributed by atoms with van der Waals surface area (Å²) in [4.78, 5) is 12.6. The van der Waals surface area contributed by atoms with E-state index in [1.165, 1.54) is 13.2 Å². The summed E-state index contributed by atoms with van der Waals surface area (Å²) in [6.45, 7) is 0. The van der Waals surface area contributed by atoms with Crippen LogP contribution in [0.1, 0.15) is 29.2 Å². The van der Waals surface area contributed by atoms with Gasteiger partial charge in [-0.2, -0.15) is 0 Å². The van der Waals surface area contributed by atoms with E-state index < -0.39 is 5.82 Å². The maximum Gasteiger partial charge on any atom is 0.220 e. The highest BCUT2D eigenvalue weighted by Crippen LogP contribution is 2.22. The van der Waals surface area contributed by atoms with Gasteiger partial charge in [-0.15, -0.1) is 0 Å². The SMILES string of the molecule is COc1ccc(CCC(=O)N[C@@H](Cc2cccc(O)c2)c2ccccc2)cc1F. The van der Waals surface area contributed by atoms with Crippen molar-refractivity contribution >= 4 is 5.91 Å². The molecule has 29 heavy (non-hydrogen) atoms. The monoisotopic (exact) mass is 393 g/mol. The van der Waals surface area contributed by atoms with Crippen LogP contribution in [0.3, 0.4) is 0 Å². The number of phenolic OH excluding ortho intramolecular Hbond substituents is 1. The molecule has 0 saturated heterocycles. The van der Waals surface area contributed by atoms with E-state index in [4.69, 9.17) is 4.74 Å². The van der Waals surface area contributed by atoms with Gasteiger partial charge >= 0.3 is 0 Å². The number of halogens is 1. The lowest BCUT2D eigenvalue weighted by atomic mass is 9.98. The highest BCUT2D eigenvalue weighted by molar-refractivity contribution is 5.76. The summed E-state index contributed by atoms with van der Waals surface area (Å²) >= 11 is 0. The van der Waals surface area contributed by atoms with Crippen LogP contribution >= 0.6 is 0 Å². The summed E-state index contributed by atoms with van der Waals surface area (Å²) in [7, 11) is 1.42. The number of amides is 1. The molecule has 3 aromatic rings. The Kier molecular flexibility index (Phi) is 6.85. The number of carbonyl (C=O) groups is 1. The summed E-state index contributed by atoms with van der Waals surface area (Å²) in [5.74, 6) is -0.165. The molecule has 1 atom stereocenters. The lowest BCUT2D eigenvalue weighted by molar-refractivity contribution is -0.121. The fourth-order valence-electron chi connectivity index (χ4n) is 3.25. The minimum Gasteiger partial charge on any atom is -0.508 e. The van der Waals surface area contributed by atoms with Gasteiger partial charge in [0.25, 0.3) is 0 Å².